The Hall–Kier alpha value is -1.10. The second kappa shape index (κ2) is 7.27. The van der Waals surface area contributed by atoms with E-state index in [1.165, 1.54) is 0 Å². The smallest absolute Gasteiger partial charge is 0.310 e. The molecule has 5 heteroatoms. The Bertz CT molecular complexity index is 265. The van der Waals surface area contributed by atoms with E-state index in [9.17, 15) is 9.59 Å². The van der Waals surface area contributed by atoms with Gasteiger partial charge in [-0.1, -0.05) is 13.8 Å². The Labute approximate surface area is 102 Å². The van der Waals surface area contributed by atoms with Crippen molar-refractivity contribution in [1.29, 1.82) is 0 Å². The van der Waals surface area contributed by atoms with E-state index >= 15 is 0 Å². The Morgan fingerprint density at radius 3 is 2.29 bits per heavy atom. The number of rotatable bonds is 8. The number of aliphatic hydroxyl groups is 1. The maximum Gasteiger partial charge on any atom is 0.310 e. The first kappa shape index (κ1) is 15.9. The molecule has 1 amide bonds. The Kier molecular flexibility index (Phi) is 6.80. The highest BCUT2D eigenvalue weighted by Gasteiger charge is 2.38. The lowest BCUT2D eigenvalue weighted by molar-refractivity contribution is -0.153. The third-order valence-corrected chi connectivity index (χ3v) is 3.20. The molecule has 0 aromatic carbocycles. The third kappa shape index (κ3) is 5.17. The van der Waals surface area contributed by atoms with Crippen molar-refractivity contribution < 1.29 is 19.8 Å². The summed E-state index contributed by atoms with van der Waals surface area (Å²) in [5.74, 6) is -1.30. The standard InChI is InChI=1S/C12H23NO4/c1-9(2)12(3,11(16)17)8-10(15)13-6-4-5-7-14/h9,14H,4-8H2,1-3H3,(H,13,15)(H,16,17). The van der Waals surface area contributed by atoms with E-state index in [4.69, 9.17) is 10.2 Å². The number of carboxylic acid groups (broad SMARTS) is 1. The van der Waals surface area contributed by atoms with Crippen LogP contribution >= 0.6 is 0 Å². The second-order valence-electron chi connectivity index (χ2n) is 4.83. The fraction of sp³-hybridized carbons (Fsp3) is 0.833. The van der Waals surface area contributed by atoms with Gasteiger partial charge in [0, 0.05) is 19.6 Å². The molecule has 0 rings (SSSR count). The molecule has 0 bridgehead atoms. The highest BCUT2D eigenvalue weighted by Crippen LogP contribution is 2.31. The van der Waals surface area contributed by atoms with Crippen molar-refractivity contribution in [2.75, 3.05) is 13.2 Å². The lowest BCUT2D eigenvalue weighted by Gasteiger charge is -2.28. The number of carbonyl (C=O) groups excluding carboxylic acids is 1. The first-order chi connectivity index (χ1) is 7.84. The first-order valence-electron chi connectivity index (χ1n) is 5.95. The van der Waals surface area contributed by atoms with Gasteiger partial charge in [0.15, 0.2) is 0 Å². The maximum absolute atomic E-state index is 11.6. The largest absolute Gasteiger partial charge is 0.481 e. The Morgan fingerprint density at radius 1 is 1.29 bits per heavy atom. The summed E-state index contributed by atoms with van der Waals surface area (Å²) in [5, 5.41) is 20.4. The lowest BCUT2D eigenvalue weighted by Crippen LogP contribution is -2.39. The number of carboxylic acids is 1. The van der Waals surface area contributed by atoms with E-state index in [1.54, 1.807) is 20.8 Å². The molecule has 0 heterocycles. The van der Waals surface area contributed by atoms with Gasteiger partial charge in [-0.05, 0) is 25.7 Å². The molecule has 0 aliphatic rings. The SMILES string of the molecule is CC(C)C(C)(CC(=O)NCCCCO)C(=O)O. The van der Waals surface area contributed by atoms with E-state index in [2.05, 4.69) is 5.32 Å². The van der Waals surface area contributed by atoms with E-state index < -0.39 is 11.4 Å². The number of carbonyl (C=O) groups is 2. The van der Waals surface area contributed by atoms with Gasteiger partial charge in [0.1, 0.15) is 0 Å². The number of hydrogen-bond donors (Lipinski definition) is 3. The topological polar surface area (TPSA) is 86.6 Å². The van der Waals surface area contributed by atoms with Gasteiger partial charge in [0.05, 0.1) is 5.41 Å². The van der Waals surface area contributed by atoms with E-state index in [0.29, 0.717) is 19.4 Å². The summed E-state index contributed by atoms with van der Waals surface area (Å²) < 4.78 is 0. The van der Waals surface area contributed by atoms with Gasteiger partial charge >= 0.3 is 5.97 Å². The summed E-state index contributed by atoms with van der Waals surface area (Å²) >= 11 is 0. The predicted octanol–water partition coefficient (Wildman–Crippen LogP) is 1.01. The van der Waals surface area contributed by atoms with Crippen LogP contribution in [0.5, 0.6) is 0 Å². The van der Waals surface area contributed by atoms with Gasteiger partial charge in [0.2, 0.25) is 5.91 Å². The highest BCUT2D eigenvalue weighted by atomic mass is 16.4. The summed E-state index contributed by atoms with van der Waals surface area (Å²) in [6.45, 7) is 5.77. The number of nitrogens with one attached hydrogen (secondary N) is 1. The summed E-state index contributed by atoms with van der Waals surface area (Å²) in [6.07, 6.45) is 1.33. The van der Waals surface area contributed by atoms with Crippen LogP contribution in [0.3, 0.4) is 0 Å². The summed E-state index contributed by atoms with van der Waals surface area (Å²) in [7, 11) is 0. The molecule has 1 atom stereocenters. The number of aliphatic carboxylic acids is 1. The molecule has 0 radical (unpaired) electrons. The fourth-order valence-electron chi connectivity index (χ4n) is 1.39. The minimum absolute atomic E-state index is 0.0148. The maximum atomic E-state index is 11.6. The molecule has 5 nitrogen and oxygen atoms in total. The van der Waals surface area contributed by atoms with Crippen LogP contribution in [0.4, 0.5) is 0 Å². The number of aliphatic hydroxyl groups excluding tert-OH is 1. The minimum atomic E-state index is -1.03. The van der Waals surface area contributed by atoms with Crippen molar-refractivity contribution in [2.45, 2.75) is 40.0 Å². The average Bonchev–Trinajstić information content (AvgIpc) is 2.23. The van der Waals surface area contributed by atoms with E-state index in [0.717, 1.165) is 0 Å². The van der Waals surface area contributed by atoms with Gasteiger partial charge in [-0.25, -0.2) is 0 Å². The predicted molar refractivity (Wildman–Crippen MR) is 64.5 cm³/mol. The molecule has 0 saturated carbocycles. The van der Waals surface area contributed by atoms with E-state index in [-0.39, 0.29) is 24.9 Å². The van der Waals surface area contributed by atoms with Crippen LogP contribution in [0.25, 0.3) is 0 Å². The molecule has 0 aliphatic heterocycles. The van der Waals surface area contributed by atoms with Crippen molar-refractivity contribution in [2.24, 2.45) is 11.3 Å². The second-order valence-corrected chi connectivity index (χ2v) is 4.83. The number of amides is 1. The van der Waals surface area contributed by atoms with Gasteiger partial charge in [0.25, 0.3) is 0 Å². The monoisotopic (exact) mass is 245 g/mol. The van der Waals surface area contributed by atoms with Crippen molar-refractivity contribution in [3.8, 4) is 0 Å². The molecule has 0 aromatic rings. The molecule has 0 aliphatic carbocycles. The summed E-state index contributed by atoms with van der Waals surface area (Å²) in [4.78, 5) is 22.8. The zero-order valence-corrected chi connectivity index (χ0v) is 10.8. The summed E-state index contributed by atoms with van der Waals surface area (Å²) in [5.41, 5.74) is -1.03. The number of hydrogen-bond acceptors (Lipinski definition) is 3. The van der Waals surface area contributed by atoms with Crippen LogP contribution in [0.1, 0.15) is 40.0 Å². The quantitative estimate of drug-likeness (QED) is 0.557. The van der Waals surface area contributed by atoms with Crippen molar-refractivity contribution in [1.82, 2.24) is 5.32 Å². The van der Waals surface area contributed by atoms with Crippen molar-refractivity contribution >= 4 is 11.9 Å². The molecule has 100 valence electrons. The third-order valence-electron chi connectivity index (χ3n) is 3.20. The molecular formula is C12H23NO4. The minimum Gasteiger partial charge on any atom is -0.481 e. The highest BCUT2D eigenvalue weighted by molar-refractivity contribution is 5.84. The van der Waals surface area contributed by atoms with E-state index in [1.807, 2.05) is 0 Å². The number of unbranched alkanes of at least 4 members (excludes halogenated alkanes) is 1. The van der Waals surface area contributed by atoms with Gasteiger partial charge in [-0.15, -0.1) is 0 Å². The van der Waals surface area contributed by atoms with Crippen LogP contribution in [-0.4, -0.2) is 35.2 Å². The molecule has 1 unspecified atom stereocenters. The van der Waals surface area contributed by atoms with Gasteiger partial charge in [-0.3, -0.25) is 9.59 Å². The first-order valence-corrected chi connectivity index (χ1v) is 5.95. The van der Waals surface area contributed by atoms with Crippen LogP contribution in [0.2, 0.25) is 0 Å². The lowest BCUT2D eigenvalue weighted by atomic mass is 9.76. The van der Waals surface area contributed by atoms with Crippen LogP contribution < -0.4 is 5.32 Å². The van der Waals surface area contributed by atoms with Gasteiger partial charge < -0.3 is 15.5 Å². The zero-order chi connectivity index (χ0) is 13.5. The molecule has 0 saturated heterocycles. The van der Waals surface area contributed by atoms with Crippen LogP contribution in [0, 0.1) is 11.3 Å². The van der Waals surface area contributed by atoms with Gasteiger partial charge in [-0.2, -0.15) is 0 Å². The normalized spacial score (nSPS) is 14.4. The summed E-state index contributed by atoms with van der Waals surface area (Å²) in [6, 6.07) is 0. The van der Waals surface area contributed by atoms with Crippen molar-refractivity contribution in [3.63, 3.8) is 0 Å². The molecular weight excluding hydrogens is 222 g/mol. The Morgan fingerprint density at radius 2 is 1.88 bits per heavy atom. The fourth-order valence-corrected chi connectivity index (χ4v) is 1.39. The van der Waals surface area contributed by atoms with Crippen molar-refractivity contribution in [3.05, 3.63) is 0 Å². The molecule has 0 aromatic heterocycles. The molecule has 0 fully saturated rings. The molecule has 3 N–H and O–H groups in total. The zero-order valence-electron chi connectivity index (χ0n) is 10.8. The Balaban J connectivity index is 4.20. The molecule has 17 heavy (non-hydrogen) atoms. The molecule has 0 spiro atoms. The van der Waals surface area contributed by atoms with Crippen LogP contribution in [0.15, 0.2) is 0 Å². The average molecular weight is 245 g/mol. The van der Waals surface area contributed by atoms with Crippen LogP contribution in [-0.2, 0) is 9.59 Å².